The zero-order valence-electron chi connectivity index (χ0n) is 12.3. The molecule has 0 N–H and O–H groups in total. The molecule has 0 radical (unpaired) electrons. The van der Waals surface area contributed by atoms with Gasteiger partial charge in [0.1, 0.15) is 5.01 Å². The van der Waals surface area contributed by atoms with E-state index in [-0.39, 0.29) is 5.78 Å². The number of esters is 1. The first-order valence-corrected chi connectivity index (χ1v) is 7.99. The van der Waals surface area contributed by atoms with Gasteiger partial charge in [-0.2, -0.15) is 0 Å². The van der Waals surface area contributed by atoms with E-state index in [4.69, 9.17) is 16.3 Å². The highest BCUT2D eigenvalue weighted by Crippen LogP contribution is 2.38. The van der Waals surface area contributed by atoms with Crippen molar-refractivity contribution < 1.29 is 14.3 Å². The van der Waals surface area contributed by atoms with Crippen LogP contribution in [0.2, 0.25) is 5.02 Å². The molecular formula is C16H14ClNO3S. The smallest absolute Gasteiger partial charge is 0.323 e. The average molecular weight is 336 g/mol. The number of halogens is 1. The second kappa shape index (κ2) is 5.18. The van der Waals surface area contributed by atoms with Crippen molar-refractivity contribution in [2.75, 3.05) is 0 Å². The maximum atomic E-state index is 12.4. The zero-order chi connectivity index (χ0) is 16.1. The second-order valence-electron chi connectivity index (χ2n) is 5.70. The Hall–Kier alpha value is -1.72. The maximum absolute atomic E-state index is 12.4. The Morgan fingerprint density at radius 3 is 2.41 bits per heavy atom. The second-order valence-corrected chi connectivity index (χ2v) is 7.34. The number of cyclic esters (lactones) is 1. The molecule has 114 valence electrons. The molecule has 1 saturated heterocycles. The predicted molar refractivity (Wildman–Crippen MR) is 85.2 cm³/mol. The van der Waals surface area contributed by atoms with E-state index in [2.05, 4.69) is 4.98 Å². The number of aromatic nitrogens is 1. The van der Waals surface area contributed by atoms with Crippen molar-refractivity contribution >= 4 is 34.7 Å². The van der Waals surface area contributed by atoms with E-state index in [9.17, 15) is 9.59 Å². The lowest BCUT2D eigenvalue weighted by atomic mass is 9.92. The molecule has 2 heterocycles. The van der Waals surface area contributed by atoms with Crippen LogP contribution in [0.25, 0.3) is 10.6 Å². The number of thiazole rings is 1. The number of hydrogen-bond donors (Lipinski definition) is 0. The van der Waals surface area contributed by atoms with Gasteiger partial charge >= 0.3 is 5.97 Å². The van der Waals surface area contributed by atoms with Crippen LogP contribution in [0.4, 0.5) is 0 Å². The van der Waals surface area contributed by atoms with Crippen molar-refractivity contribution in [2.24, 2.45) is 0 Å². The van der Waals surface area contributed by atoms with Gasteiger partial charge < -0.3 is 4.74 Å². The lowest BCUT2D eigenvalue weighted by Crippen LogP contribution is -2.29. The predicted octanol–water partition coefficient (Wildman–Crippen LogP) is 3.76. The van der Waals surface area contributed by atoms with Gasteiger partial charge in [0.2, 0.25) is 0 Å². The summed E-state index contributed by atoms with van der Waals surface area (Å²) in [5.74, 6) is -1.69. The van der Waals surface area contributed by atoms with E-state index in [1.807, 2.05) is 19.1 Å². The third-order valence-electron chi connectivity index (χ3n) is 3.64. The molecule has 1 unspecified atom stereocenters. The van der Waals surface area contributed by atoms with Crippen LogP contribution in [-0.4, -0.2) is 22.3 Å². The van der Waals surface area contributed by atoms with Gasteiger partial charge in [-0.15, -0.1) is 11.3 Å². The van der Waals surface area contributed by atoms with Gasteiger partial charge in [0, 0.05) is 15.5 Å². The summed E-state index contributed by atoms with van der Waals surface area (Å²) < 4.78 is 5.17. The lowest BCUT2D eigenvalue weighted by molar-refractivity contribution is -0.148. The molecule has 3 rings (SSSR count). The fraction of sp³-hybridized carbons (Fsp3) is 0.312. The Balaban J connectivity index is 2.02. The molecule has 1 aliphatic heterocycles. The van der Waals surface area contributed by atoms with Crippen LogP contribution >= 0.6 is 22.9 Å². The number of hydrogen-bond acceptors (Lipinski definition) is 5. The molecule has 2 aromatic rings. The minimum absolute atomic E-state index is 0.242. The van der Waals surface area contributed by atoms with Gasteiger partial charge in [-0.25, -0.2) is 4.98 Å². The topological polar surface area (TPSA) is 56.3 Å². The Bertz CT molecular complexity index is 764. The summed E-state index contributed by atoms with van der Waals surface area (Å²) in [6.07, 6.45) is 0. The first-order chi connectivity index (χ1) is 10.3. The number of ether oxygens (including phenoxy) is 1. The highest BCUT2D eigenvalue weighted by Gasteiger charge is 2.51. The van der Waals surface area contributed by atoms with Gasteiger partial charge in [0.05, 0.1) is 5.69 Å². The minimum atomic E-state index is -1.09. The maximum Gasteiger partial charge on any atom is 0.323 e. The highest BCUT2D eigenvalue weighted by molar-refractivity contribution is 7.15. The van der Waals surface area contributed by atoms with E-state index in [1.165, 1.54) is 11.3 Å². The SMILES string of the molecule is Cc1sc(-c2ccc(Cl)cc2)nc1C1C(=O)OC(C)(C)C1=O. The van der Waals surface area contributed by atoms with Crippen LogP contribution in [0.5, 0.6) is 0 Å². The summed E-state index contributed by atoms with van der Waals surface area (Å²) in [6.45, 7) is 5.07. The largest absolute Gasteiger partial charge is 0.451 e. The average Bonchev–Trinajstić information content (AvgIpc) is 2.89. The van der Waals surface area contributed by atoms with Crippen molar-refractivity contribution in [3.8, 4) is 10.6 Å². The minimum Gasteiger partial charge on any atom is -0.451 e. The summed E-state index contributed by atoms with van der Waals surface area (Å²) in [5, 5.41) is 1.41. The Labute approximate surface area is 137 Å². The summed E-state index contributed by atoms with van der Waals surface area (Å²) in [7, 11) is 0. The standard InChI is InChI=1S/C16H14ClNO3S/c1-8-12(11-13(19)16(2,3)21-15(11)20)18-14(22-8)9-4-6-10(17)7-5-9/h4-7,11H,1-3H3. The third kappa shape index (κ3) is 2.44. The molecule has 1 aromatic heterocycles. The van der Waals surface area contributed by atoms with E-state index >= 15 is 0 Å². The monoisotopic (exact) mass is 335 g/mol. The Morgan fingerprint density at radius 2 is 1.86 bits per heavy atom. The van der Waals surface area contributed by atoms with Crippen LogP contribution in [0, 0.1) is 6.92 Å². The number of carbonyl (C=O) groups excluding carboxylic acids is 2. The summed E-state index contributed by atoms with van der Waals surface area (Å²) in [6, 6.07) is 7.29. The lowest BCUT2D eigenvalue weighted by Gasteiger charge is -2.12. The number of nitrogens with zero attached hydrogens (tertiary/aromatic N) is 1. The van der Waals surface area contributed by atoms with E-state index in [1.54, 1.807) is 26.0 Å². The van der Waals surface area contributed by atoms with Crippen molar-refractivity contribution in [1.29, 1.82) is 0 Å². The van der Waals surface area contributed by atoms with Crippen molar-refractivity contribution in [3.05, 3.63) is 39.9 Å². The van der Waals surface area contributed by atoms with Crippen molar-refractivity contribution in [3.63, 3.8) is 0 Å². The molecule has 4 nitrogen and oxygen atoms in total. The molecule has 1 aliphatic rings. The molecule has 1 atom stereocenters. The van der Waals surface area contributed by atoms with E-state index in [0.29, 0.717) is 10.7 Å². The van der Waals surface area contributed by atoms with Gasteiger partial charge in [0.25, 0.3) is 0 Å². The Morgan fingerprint density at radius 1 is 1.23 bits per heavy atom. The summed E-state index contributed by atoms with van der Waals surface area (Å²) in [4.78, 5) is 29.8. The van der Waals surface area contributed by atoms with Gasteiger partial charge in [0.15, 0.2) is 17.3 Å². The fourth-order valence-corrected chi connectivity index (χ4v) is 3.53. The third-order valence-corrected chi connectivity index (χ3v) is 4.93. The number of rotatable bonds is 2. The molecule has 0 saturated carbocycles. The Kier molecular flexibility index (Phi) is 3.57. The molecule has 22 heavy (non-hydrogen) atoms. The first-order valence-electron chi connectivity index (χ1n) is 6.80. The summed E-state index contributed by atoms with van der Waals surface area (Å²) >= 11 is 7.34. The highest BCUT2D eigenvalue weighted by atomic mass is 35.5. The van der Waals surface area contributed by atoms with Gasteiger partial charge in [-0.05, 0) is 32.9 Å². The number of aryl methyl sites for hydroxylation is 1. The van der Waals surface area contributed by atoms with Crippen LogP contribution in [0.15, 0.2) is 24.3 Å². The molecule has 6 heteroatoms. The van der Waals surface area contributed by atoms with Crippen LogP contribution in [0.3, 0.4) is 0 Å². The molecule has 0 aliphatic carbocycles. The quantitative estimate of drug-likeness (QED) is 0.619. The molecule has 0 amide bonds. The van der Waals surface area contributed by atoms with Crippen LogP contribution in [-0.2, 0) is 14.3 Å². The van der Waals surface area contributed by atoms with Crippen LogP contribution < -0.4 is 0 Å². The molecule has 1 aromatic carbocycles. The van der Waals surface area contributed by atoms with Crippen LogP contribution in [0.1, 0.15) is 30.3 Å². The van der Waals surface area contributed by atoms with E-state index < -0.39 is 17.5 Å². The zero-order valence-corrected chi connectivity index (χ0v) is 13.9. The summed E-state index contributed by atoms with van der Waals surface area (Å²) in [5.41, 5.74) is 0.315. The fourth-order valence-electron chi connectivity index (χ4n) is 2.44. The van der Waals surface area contributed by atoms with E-state index in [0.717, 1.165) is 15.4 Å². The van der Waals surface area contributed by atoms with Crippen molar-refractivity contribution in [2.45, 2.75) is 32.3 Å². The molecule has 0 spiro atoms. The first kappa shape index (κ1) is 15.2. The van der Waals surface area contributed by atoms with Gasteiger partial charge in [-0.1, -0.05) is 23.7 Å². The molecule has 1 fully saturated rings. The van der Waals surface area contributed by atoms with Crippen molar-refractivity contribution in [1.82, 2.24) is 4.98 Å². The number of Topliss-reactive ketones (excluding diaryl/α,β-unsaturated/α-hetero) is 1. The normalized spacial score (nSPS) is 20.3. The number of ketones is 1. The number of carbonyl (C=O) groups is 2. The van der Waals surface area contributed by atoms with Gasteiger partial charge in [-0.3, -0.25) is 9.59 Å². The molecule has 0 bridgehead atoms. The molecular weight excluding hydrogens is 322 g/mol. The number of benzene rings is 1.